The van der Waals surface area contributed by atoms with E-state index >= 15 is 0 Å². The van der Waals surface area contributed by atoms with Crippen LogP contribution >= 0.6 is 0 Å². The van der Waals surface area contributed by atoms with Crippen molar-refractivity contribution in [1.29, 1.82) is 0 Å². The average molecular weight is 352 g/mol. The molecule has 8 heteroatoms. The van der Waals surface area contributed by atoms with Crippen molar-refractivity contribution in [3.8, 4) is 0 Å². The van der Waals surface area contributed by atoms with Crippen LogP contribution in [0.2, 0.25) is 0 Å². The predicted octanol–water partition coefficient (Wildman–Crippen LogP) is 3.07. The smallest absolute Gasteiger partial charge is 0.292 e. The number of furan rings is 1. The lowest BCUT2D eigenvalue weighted by molar-refractivity contribution is 0.0640. The lowest BCUT2D eigenvalue weighted by Gasteiger charge is -2.33. The number of benzene rings is 1. The van der Waals surface area contributed by atoms with Gasteiger partial charge in [0.1, 0.15) is 23.2 Å². The lowest BCUT2D eigenvalue weighted by Crippen LogP contribution is -2.40. The summed E-state index contributed by atoms with van der Waals surface area (Å²) in [6, 6.07) is 5.53. The minimum absolute atomic E-state index is 0.149. The number of H-pyrrole nitrogens is 1. The van der Waals surface area contributed by atoms with Gasteiger partial charge in [0.25, 0.3) is 5.91 Å². The Morgan fingerprint density at radius 2 is 2.27 bits per heavy atom. The maximum absolute atomic E-state index is 13.5. The van der Waals surface area contributed by atoms with Crippen LogP contribution in [0.3, 0.4) is 0 Å². The number of carbonyl (C=O) groups excluding carboxylic acids is 1. The van der Waals surface area contributed by atoms with Gasteiger partial charge in [-0.3, -0.25) is 4.79 Å². The zero-order chi connectivity index (χ0) is 17.7. The number of halogens is 1. The number of imidazole rings is 1. The number of hydrogen-bond donors (Lipinski definition) is 1. The van der Waals surface area contributed by atoms with Gasteiger partial charge in [0.2, 0.25) is 5.76 Å². The van der Waals surface area contributed by atoms with Gasteiger partial charge in [-0.1, -0.05) is 0 Å². The fourth-order valence-corrected chi connectivity index (χ4v) is 3.42. The molecule has 7 nitrogen and oxygen atoms in total. The van der Waals surface area contributed by atoms with Crippen molar-refractivity contribution in [2.75, 3.05) is 6.54 Å². The third kappa shape index (κ3) is 2.22. The monoisotopic (exact) mass is 352 g/mol. The van der Waals surface area contributed by atoms with E-state index in [1.54, 1.807) is 23.4 Å². The molecule has 0 saturated heterocycles. The zero-order valence-corrected chi connectivity index (χ0v) is 13.5. The summed E-state index contributed by atoms with van der Waals surface area (Å²) in [4.78, 5) is 25.8. The molecule has 1 aliphatic heterocycles. The van der Waals surface area contributed by atoms with E-state index in [4.69, 9.17) is 8.83 Å². The summed E-state index contributed by atoms with van der Waals surface area (Å²) in [5.74, 6) is 0.0268. The minimum Gasteiger partial charge on any atom is -0.458 e. The van der Waals surface area contributed by atoms with Gasteiger partial charge < -0.3 is 18.7 Å². The number of rotatable bonds is 2. The molecule has 0 unspecified atom stereocenters. The number of aromatic amines is 1. The molecule has 130 valence electrons. The van der Waals surface area contributed by atoms with Crippen molar-refractivity contribution < 1.29 is 18.0 Å². The van der Waals surface area contributed by atoms with E-state index in [1.807, 2.05) is 0 Å². The summed E-state index contributed by atoms with van der Waals surface area (Å²) in [5, 5.41) is 0.634. The van der Waals surface area contributed by atoms with Gasteiger partial charge in [-0.15, -0.1) is 0 Å². The Hall–Kier alpha value is -3.42. The van der Waals surface area contributed by atoms with E-state index in [1.165, 1.54) is 24.7 Å². The molecule has 0 bridgehead atoms. The van der Waals surface area contributed by atoms with Gasteiger partial charge in [-0.05, 0) is 24.3 Å². The fourth-order valence-electron chi connectivity index (χ4n) is 3.42. The second-order valence-electron chi connectivity index (χ2n) is 6.11. The molecule has 5 rings (SSSR count). The van der Waals surface area contributed by atoms with Gasteiger partial charge >= 0.3 is 0 Å². The third-order valence-corrected chi connectivity index (χ3v) is 4.60. The molecule has 1 aromatic carbocycles. The SMILES string of the molecule is O=C(c1cnco1)N1CCc2[nH]cnc2[C@H]1c1cc2cc(F)ccc2o1. The summed E-state index contributed by atoms with van der Waals surface area (Å²) >= 11 is 0. The first-order valence-corrected chi connectivity index (χ1v) is 8.11. The number of oxazole rings is 1. The van der Waals surface area contributed by atoms with Crippen LogP contribution in [0.1, 0.15) is 33.7 Å². The molecule has 3 aromatic heterocycles. The molecule has 0 spiro atoms. The van der Waals surface area contributed by atoms with Crippen molar-refractivity contribution >= 4 is 16.9 Å². The molecule has 1 atom stereocenters. The number of hydrogen-bond acceptors (Lipinski definition) is 5. The minimum atomic E-state index is -0.530. The first-order valence-electron chi connectivity index (χ1n) is 8.11. The summed E-state index contributed by atoms with van der Waals surface area (Å²) in [7, 11) is 0. The fraction of sp³-hybridized carbons (Fsp3) is 0.167. The van der Waals surface area contributed by atoms with E-state index in [9.17, 15) is 9.18 Å². The highest BCUT2D eigenvalue weighted by molar-refractivity contribution is 5.92. The maximum Gasteiger partial charge on any atom is 0.292 e. The van der Waals surface area contributed by atoms with E-state index < -0.39 is 6.04 Å². The standard InChI is InChI=1S/C18H13FN4O3/c19-11-1-2-13-10(5-11)6-14(26-13)17-16-12(21-8-22-16)3-4-23(17)18(24)15-7-20-9-25-15/h1-2,5-9,17H,3-4H2,(H,21,22)/t17-/m1/s1. The largest absolute Gasteiger partial charge is 0.458 e. The van der Waals surface area contributed by atoms with Gasteiger partial charge in [-0.25, -0.2) is 14.4 Å². The molecule has 4 heterocycles. The summed E-state index contributed by atoms with van der Waals surface area (Å²) in [5.41, 5.74) is 2.21. The van der Waals surface area contributed by atoms with Crippen molar-refractivity contribution in [3.05, 3.63) is 71.9 Å². The highest BCUT2D eigenvalue weighted by Gasteiger charge is 2.37. The molecular formula is C18H13FN4O3. The van der Waals surface area contributed by atoms with E-state index in [-0.39, 0.29) is 17.5 Å². The van der Waals surface area contributed by atoms with Gasteiger partial charge in [0.05, 0.1) is 18.2 Å². The van der Waals surface area contributed by atoms with Crippen LogP contribution in [0.5, 0.6) is 0 Å². The molecule has 0 saturated carbocycles. The third-order valence-electron chi connectivity index (χ3n) is 4.60. The Balaban J connectivity index is 1.64. The molecule has 26 heavy (non-hydrogen) atoms. The van der Waals surface area contributed by atoms with E-state index in [0.29, 0.717) is 35.4 Å². The molecule has 1 N–H and O–H groups in total. The predicted molar refractivity (Wildman–Crippen MR) is 87.8 cm³/mol. The number of nitrogens with one attached hydrogen (secondary N) is 1. The number of carbonyl (C=O) groups is 1. The second-order valence-corrected chi connectivity index (χ2v) is 6.11. The van der Waals surface area contributed by atoms with Gasteiger partial charge in [0, 0.05) is 24.0 Å². The number of amides is 1. The quantitative estimate of drug-likeness (QED) is 0.599. The van der Waals surface area contributed by atoms with Crippen LogP contribution in [0, 0.1) is 5.82 Å². The Labute approximate surface area is 146 Å². The molecule has 4 aromatic rings. The Morgan fingerprint density at radius 1 is 1.35 bits per heavy atom. The van der Waals surface area contributed by atoms with E-state index in [2.05, 4.69) is 15.0 Å². The van der Waals surface area contributed by atoms with Crippen molar-refractivity contribution in [1.82, 2.24) is 19.9 Å². The van der Waals surface area contributed by atoms with E-state index in [0.717, 1.165) is 5.69 Å². The van der Waals surface area contributed by atoms with Crippen LogP contribution in [-0.4, -0.2) is 32.3 Å². The maximum atomic E-state index is 13.5. The number of fused-ring (bicyclic) bond motifs is 2. The van der Waals surface area contributed by atoms with Gasteiger partial charge in [-0.2, -0.15) is 0 Å². The highest BCUT2D eigenvalue weighted by atomic mass is 19.1. The van der Waals surface area contributed by atoms with Crippen LogP contribution in [0.15, 0.2) is 52.0 Å². The average Bonchev–Trinajstić information content (AvgIpc) is 3.38. The molecule has 0 aliphatic carbocycles. The normalized spacial score (nSPS) is 16.8. The zero-order valence-electron chi connectivity index (χ0n) is 13.5. The van der Waals surface area contributed by atoms with Crippen molar-refractivity contribution in [2.24, 2.45) is 0 Å². The van der Waals surface area contributed by atoms with Crippen molar-refractivity contribution in [2.45, 2.75) is 12.5 Å². The molecule has 1 amide bonds. The summed E-state index contributed by atoms with van der Waals surface area (Å²) < 4.78 is 24.6. The Kier molecular flexibility index (Phi) is 3.18. The molecule has 0 fully saturated rings. The molecular weight excluding hydrogens is 339 g/mol. The number of aromatic nitrogens is 3. The highest BCUT2D eigenvalue weighted by Crippen LogP contribution is 2.37. The van der Waals surface area contributed by atoms with Crippen molar-refractivity contribution in [3.63, 3.8) is 0 Å². The van der Waals surface area contributed by atoms with Crippen LogP contribution in [-0.2, 0) is 6.42 Å². The first kappa shape index (κ1) is 14.9. The lowest BCUT2D eigenvalue weighted by atomic mass is 10.00. The molecule has 0 radical (unpaired) electrons. The first-order chi connectivity index (χ1) is 12.7. The summed E-state index contributed by atoms with van der Waals surface area (Å²) in [6.07, 6.45) is 4.84. The Morgan fingerprint density at radius 3 is 3.12 bits per heavy atom. The topological polar surface area (TPSA) is 88.2 Å². The molecule has 1 aliphatic rings. The van der Waals surface area contributed by atoms with Crippen LogP contribution in [0.25, 0.3) is 11.0 Å². The second kappa shape index (κ2) is 5.55. The van der Waals surface area contributed by atoms with Crippen LogP contribution < -0.4 is 0 Å². The van der Waals surface area contributed by atoms with Crippen LogP contribution in [0.4, 0.5) is 4.39 Å². The summed E-state index contributed by atoms with van der Waals surface area (Å²) in [6.45, 7) is 0.463. The number of nitrogens with zero attached hydrogens (tertiary/aromatic N) is 3. The Bertz CT molecular complexity index is 1100. The van der Waals surface area contributed by atoms with Gasteiger partial charge in [0.15, 0.2) is 6.39 Å².